The van der Waals surface area contributed by atoms with Gasteiger partial charge in [-0.1, -0.05) is 23.7 Å². The van der Waals surface area contributed by atoms with Crippen molar-refractivity contribution in [2.75, 3.05) is 12.3 Å². The third-order valence-electron chi connectivity index (χ3n) is 5.58. The summed E-state index contributed by atoms with van der Waals surface area (Å²) in [7, 11) is 0. The summed E-state index contributed by atoms with van der Waals surface area (Å²) in [6.07, 6.45) is 0.790. The molecular formula is C22H26ClF2N5O2. The van der Waals surface area contributed by atoms with Gasteiger partial charge in [0.25, 0.3) is 0 Å². The number of halogens is 3. The maximum Gasteiger partial charge on any atom is 0.242 e. The fraction of sp³-hybridized carbons (Fsp3) is 0.409. The second kappa shape index (κ2) is 10.2. The Balaban J connectivity index is 1.48. The fourth-order valence-corrected chi connectivity index (χ4v) is 3.89. The number of nitrogen functional groups attached to an aromatic ring is 1. The van der Waals surface area contributed by atoms with Crippen molar-refractivity contribution < 1.29 is 18.4 Å². The second-order valence-electron chi connectivity index (χ2n) is 8.03. The minimum Gasteiger partial charge on any atom is -0.384 e. The van der Waals surface area contributed by atoms with Gasteiger partial charge < -0.3 is 21.7 Å². The summed E-state index contributed by atoms with van der Waals surface area (Å²) in [5, 5.41) is 8.05. The molecular weight excluding hydrogens is 440 g/mol. The third-order valence-corrected chi connectivity index (χ3v) is 5.93. The molecule has 0 saturated carbocycles. The molecule has 0 unspecified atom stereocenters. The second-order valence-corrected chi connectivity index (χ2v) is 8.41. The fourth-order valence-electron chi connectivity index (χ4n) is 3.71. The Kier molecular flexibility index (Phi) is 7.63. The molecule has 1 aromatic carbocycles. The van der Waals surface area contributed by atoms with E-state index in [1.165, 1.54) is 6.07 Å². The van der Waals surface area contributed by atoms with Gasteiger partial charge in [-0.05, 0) is 62.4 Å². The topological polar surface area (TPSA) is 109 Å². The molecule has 7 nitrogen and oxygen atoms in total. The minimum atomic E-state index is -0.801. The van der Waals surface area contributed by atoms with Crippen LogP contribution in [0.5, 0.6) is 0 Å². The predicted octanol–water partition coefficient (Wildman–Crippen LogP) is 2.25. The van der Waals surface area contributed by atoms with Crippen LogP contribution < -0.4 is 21.7 Å². The molecule has 2 amide bonds. The Morgan fingerprint density at radius 3 is 2.72 bits per heavy atom. The molecule has 3 atom stereocenters. The number of pyridine rings is 1. The van der Waals surface area contributed by atoms with Crippen LogP contribution >= 0.6 is 11.6 Å². The summed E-state index contributed by atoms with van der Waals surface area (Å²) >= 11 is 5.64. The molecule has 2 heterocycles. The summed E-state index contributed by atoms with van der Waals surface area (Å²) in [5.41, 5.74) is 7.49. The number of hydrogen-bond acceptors (Lipinski definition) is 5. The van der Waals surface area contributed by atoms with Crippen molar-refractivity contribution in [2.24, 2.45) is 5.92 Å². The molecule has 10 heteroatoms. The zero-order valence-electron chi connectivity index (χ0n) is 17.8. The third kappa shape index (κ3) is 5.72. The number of aryl methyl sites for hydroxylation is 1. The van der Waals surface area contributed by atoms with Crippen molar-refractivity contribution >= 4 is 29.2 Å². The highest BCUT2D eigenvalue weighted by molar-refractivity contribution is 6.30. The van der Waals surface area contributed by atoms with E-state index >= 15 is 0 Å². The monoisotopic (exact) mass is 465 g/mol. The van der Waals surface area contributed by atoms with Crippen LogP contribution in [0.15, 0.2) is 24.3 Å². The Bertz CT molecular complexity index is 1020. The zero-order chi connectivity index (χ0) is 23.4. The standard InChI is InChI=1S/C22H26ClF2N5O2/c1-11-15(4-6-18(26)29-11)10-28-21(31)12(2)30-22(32)17-8-13(9-27-17)7-14-3-5-16(24)19(23)20(14)25/h3-6,12-13,17,27H,7-10H2,1-2H3,(H2,26,29)(H,28,31)(H,30,32)/t12-,13-,17+/m0/s1. The molecule has 32 heavy (non-hydrogen) atoms. The lowest BCUT2D eigenvalue weighted by Gasteiger charge is -2.17. The smallest absolute Gasteiger partial charge is 0.242 e. The van der Waals surface area contributed by atoms with E-state index in [9.17, 15) is 18.4 Å². The molecule has 1 aromatic heterocycles. The van der Waals surface area contributed by atoms with Gasteiger partial charge in [0.05, 0.1) is 6.04 Å². The lowest BCUT2D eigenvalue weighted by molar-refractivity contribution is -0.129. The molecule has 3 rings (SSSR count). The van der Waals surface area contributed by atoms with Crippen molar-refractivity contribution in [1.82, 2.24) is 20.9 Å². The SMILES string of the molecule is Cc1nc(N)ccc1CNC(=O)[C@H](C)NC(=O)[C@H]1C[C@H](Cc2ccc(F)c(Cl)c2F)CN1. The normalized spacial score (nSPS) is 18.9. The number of hydrogen-bond donors (Lipinski definition) is 4. The van der Waals surface area contributed by atoms with Gasteiger partial charge in [-0.25, -0.2) is 13.8 Å². The highest BCUT2D eigenvalue weighted by Gasteiger charge is 2.31. The molecule has 0 radical (unpaired) electrons. The average molecular weight is 466 g/mol. The van der Waals surface area contributed by atoms with Crippen LogP contribution in [0.4, 0.5) is 14.6 Å². The first-order valence-corrected chi connectivity index (χ1v) is 10.7. The summed E-state index contributed by atoms with van der Waals surface area (Å²) in [6, 6.07) is 4.72. The van der Waals surface area contributed by atoms with Crippen molar-refractivity contribution in [3.05, 3.63) is 57.7 Å². The number of rotatable bonds is 7. The number of nitrogens with two attached hydrogens (primary N) is 1. The van der Waals surface area contributed by atoms with Gasteiger partial charge in [0.2, 0.25) is 11.8 Å². The largest absolute Gasteiger partial charge is 0.384 e. The van der Waals surface area contributed by atoms with Crippen LogP contribution in [0.25, 0.3) is 0 Å². The lowest BCUT2D eigenvalue weighted by atomic mass is 9.96. The summed E-state index contributed by atoms with van der Waals surface area (Å²) in [4.78, 5) is 29.1. The average Bonchev–Trinajstić information content (AvgIpc) is 3.22. The number of carbonyl (C=O) groups is 2. The van der Waals surface area contributed by atoms with Gasteiger partial charge in [0, 0.05) is 12.2 Å². The highest BCUT2D eigenvalue weighted by atomic mass is 35.5. The first kappa shape index (κ1) is 23.9. The molecule has 172 valence electrons. The number of aromatic nitrogens is 1. The lowest BCUT2D eigenvalue weighted by Crippen LogP contribution is -2.50. The Morgan fingerprint density at radius 1 is 1.28 bits per heavy atom. The molecule has 2 aromatic rings. The van der Waals surface area contributed by atoms with Crippen LogP contribution in [0.1, 0.15) is 30.2 Å². The summed E-state index contributed by atoms with van der Waals surface area (Å²) < 4.78 is 27.5. The molecule has 1 aliphatic rings. The van der Waals surface area contributed by atoms with Gasteiger partial charge in [-0.2, -0.15) is 0 Å². The van der Waals surface area contributed by atoms with E-state index in [2.05, 4.69) is 20.9 Å². The first-order valence-electron chi connectivity index (χ1n) is 10.3. The maximum atomic E-state index is 14.1. The van der Waals surface area contributed by atoms with E-state index < -0.39 is 28.7 Å². The molecule has 1 saturated heterocycles. The van der Waals surface area contributed by atoms with E-state index in [1.54, 1.807) is 26.0 Å². The number of anilines is 1. The number of nitrogens with zero attached hydrogens (tertiary/aromatic N) is 1. The van der Waals surface area contributed by atoms with Crippen LogP contribution in [-0.2, 0) is 22.6 Å². The summed E-state index contributed by atoms with van der Waals surface area (Å²) in [6.45, 7) is 4.17. The molecule has 5 N–H and O–H groups in total. The van der Waals surface area contributed by atoms with E-state index in [1.807, 2.05) is 0 Å². The van der Waals surface area contributed by atoms with Crippen LogP contribution in [0.2, 0.25) is 5.02 Å². The molecule has 0 spiro atoms. The van der Waals surface area contributed by atoms with Crippen molar-refractivity contribution in [3.8, 4) is 0 Å². The van der Waals surface area contributed by atoms with E-state index in [0.29, 0.717) is 30.8 Å². The van der Waals surface area contributed by atoms with Gasteiger partial charge in [0.15, 0.2) is 0 Å². The van der Waals surface area contributed by atoms with Crippen molar-refractivity contribution in [2.45, 2.75) is 45.3 Å². The number of carbonyl (C=O) groups excluding carboxylic acids is 2. The van der Waals surface area contributed by atoms with Crippen LogP contribution in [0.3, 0.4) is 0 Å². The Morgan fingerprint density at radius 2 is 2.00 bits per heavy atom. The number of nitrogens with one attached hydrogen (secondary N) is 3. The van der Waals surface area contributed by atoms with Crippen molar-refractivity contribution in [1.29, 1.82) is 0 Å². The van der Waals surface area contributed by atoms with Gasteiger partial charge >= 0.3 is 0 Å². The predicted molar refractivity (Wildman–Crippen MR) is 118 cm³/mol. The summed E-state index contributed by atoms with van der Waals surface area (Å²) in [5.74, 6) is -1.82. The quantitative estimate of drug-likeness (QED) is 0.469. The van der Waals surface area contributed by atoms with Gasteiger partial charge in [-0.15, -0.1) is 0 Å². The van der Waals surface area contributed by atoms with Crippen LogP contribution in [0, 0.1) is 24.5 Å². The molecule has 0 aliphatic carbocycles. The Labute approximate surface area is 190 Å². The molecule has 1 fully saturated rings. The minimum absolute atomic E-state index is 0.0214. The maximum absolute atomic E-state index is 14.1. The molecule has 0 bridgehead atoms. The van der Waals surface area contributed by atoms with E-state index in [-0.39, 0.29) is 24.3 Å². The first-order chi connectivity index (χ1) is 15.2. The highest BCUT2D eigenvalue weighted by Crippen LogP contribution is 2.26. The van der Waals surface area contributed by atoms with Gasteiger partial charge in [-0.3, -0.25) is 9.59 Å². The Hall–Kier alpha value is -2.78. The molecule has 1 aliphatic heterocycles. The number of amides is 2. The number of benzene rings is 1. The zero-order valence-corrected chi connectivity index (χ0v) is 18.6. The van der Waals surface area contributed by atoms with E-state index in [4.69, 9.17) is 17.3 Å². The van der Waals surface area contributed by atoms with Crippen molar-refractivity contribution in [3.63, 3.8) is 0 Å². The van der Waals surface area contributed by atoms with E-state index in [0.717, 1.165) is 17.3 Å². The van der Waals surface area contributed by atoms with Crippen LogP contribution in [-0.4, -0.2) is 35.4 Å². The van der Waals surface area contributed by atoms with Gasteiger partial charge in [0.1, 0.15) is 28.5 Å².